The highest BCUT2D eigenvalue weighted by atomic mass is 35.5. The summed E-state index contributed by atoms with van der Waals surface area (Å²) >= 11 is 0. The van der Waals surface area contributed by atoms with Gasteiger partial charge in [-0.05, 0) is 26.8 Å². The third kappa shape index (κ3) is 4.41. The molecule has 0 aliphatic carbocycles. The van der Waals surface area contributed by atoms with E-state index in [4.69, 9.17) is 0 Å². The highest BCUT2D eigenvalue weighted by Gasteiger charge is 2.25. The summed E-state index contributed by atoms with van der Waals surface area (Å²) in [5.74, 6) is -0.104. The number of carbonyl (C=O) groups excluding carboxylic acids is 1. The summed E-state index contributed by atoms with van der Waals surface area (Å²) in [7, 11) is 0. The van der Waals surface area contributed by atoms with Gasteiger partial charge < -0.3 is 15.7 Å². The Balaban J connectivity index is 0.00000156. The Bertz CT molecular complexity index is 735. The minimum atomic E-state index is -0.402. The highest BCUT2D eigenvalue weighted by Crippen LogP contribution is 2.19. The molecule has 0 radical (unpaired) electrons. The zero-order valence-electron chi connectivity index (χ0n) is 14.5. The molecule has 25 heavy (non-hydrogen) atoms. The number of aryl methyl sites for hydroxylation is 1. The quantitative estimate of drug-likeness (QED) is 0.736. The maximum atomic E-state index is 12.4. The molecule has 1 aliphatic rings. The van der Waals surface area contributed by atoms with E-state index in [1.165, 1.54) is 0 Å². The Morgan fingerprint density at radius 3 is 2.76 bits per heavy atom. The number of nitrogens with zero attached hydrogens (tertiary/aromatic N) is 3. The molecular formula is C16H25Cl2N5O2. The second kappa shape index (κ2) is 8.80. The molecule has 0 bridgehead atoms. The van der Waals surface area contributed by atoms with Gasteiger partial charge in [0, 0.05) is 37.0 Å². The van der Waals surface area contributed by atoms with Crippen molar-refractivity contribution in [2.45, 2.75) is 32.9 Å². The first-order chi connectivity index (χ1) is 11.0. The van der Waals surface area contributed by atoms with Crippen molar-refractivity contribution >= 4 is 41.8 Å². The van der Waals surface area contributed by atoms with Crippen LogP contribution in [0.1, 0.15) is 35.9 Å². The second-order valence-corrected chi connectivity index (χ2v) is 6.41. The Hall–Kier alpha value is -1.41. The van der Waals surface area contributed by atoms with Gasteiger partial charge in [0.05, 0.1) is 23.6 Å². The number of hydrogen-bond acceptors (Lipinski definition) is 5. The molecule has 9 heteroatoms. The number of aromatic nitrogens is 3. The van der Waals surface area contributed by atoms with Crippen LogP contribution in [-0.4, -0.2) is 51.5 Å². The molecule has 2 aromatic heterocycles. The van der Waals surface area contributed by atoms with Gasteiger partial charge in [-0.25, -0.2) is 9.67 Å². The van der Waals surface area contributed by atoms with Gasteiger partial charge >= 0.3 is 0 Å². The largest absolute Gasteiger partial charge is 0.391 e. The van der Waals surface area contributed by atoms with Crippen LogP contribution in [0.2, 0.25) is 0 Å². The maximum Gasteiger partial charge on any atom is 0.253 e. The lowest BCUT2D eigenvalue weighted by Crippen LogP contribution is -2.34. The van der Waals surface area contributed by atoms with E-state index in [0.717, 1.165) is 17.6 Å². The lowest BCUT2D eigenvalue weighted by atomic mass is 10.1. The first kappa shape index (κ1) is 21.6. The molecule has 0 aromatic carbocycles. The zero-order chi connectivity index (χ0) is 16.6. The van der Waals surface area contributed by atoms with Gasteiger partial charge in [-0.1, -0.05) is 0 Å². The Morgan fingerprint density at radius 2 is 2.16 bits per heavy atom. The molecule has 3 heterocycles. The summed E-state index contributed by atoms with van der Waals surface area (Å²) < 4.78 is 1.85. The maximum absolute atomic E-state index is 12.4. The van der Waals surface area contributed by atoms with Crippen LogP contribution >= 0.6 is 24.8 Å². The number of pyridine rings is 1. The Kier molecular flexibility index (Phi) is 7.62. The predicted octanol–water partition coefficient (Wildman–Crippen LogP) is 1.47. The van der Waals surface area contributed by atoms with Crippen LogP contribution in [0.4, 0.5) is 0 Å². The summed E-state index contributed by atoms with van der Waals surface area (Å²) in [4.78, 5) is 17.0. The molecule has 2 aromatic rings. The molecule has 2 unspecified atom stereocenters. The van der Waals surface area contributed by atoms with E-state index < -0.39 is 6.10 Å². The summed E-state index contributed by atoms with van der Waals surface area (Å²) in [6, 6.07) is 2.05. The van der Waals surface area contributed by atoms with Crippen LogP contribution in [0.5, 0.6) is 0 Å². The number of nitrogens with one attached hydrogen (secondary N) is 2. The number of carbonyl (C=O) groups is 1. The number of β-amino-alcohol motifs (C(OH)–C–C–N with tert-alkyl or cyclic N) is 1. The fraction of sp³-hybridized carbons (Fsp3) is 0.562. The third-order valence-electron chi connectivity index (χ3n) is 4.32. The fourth-order valence-corrected chi connectivity index (χ4v) is 2.92. The lowest BCUT2D eigenvalue weighted by Gasteiger charge is -2.15. The van der Waals surface area contributed by atoms with E-state index in [-0.39, 0.29) is 42.7 Å². The SMILES string of the molecule is Cc1nc2c(cnn2C(C)C)cc1C(=O)NCC1CNCC1O.Cl.Cl. The number of fused-ring (bicyclic) bond motifs is 1. The average molecular weight is 390 g/mol. The third-order valence-corrected chi connectivity index (χ3v) is 4.32. The topological polar surface area (TPSA) is 92.1 Å². The van der Waals surface area contributed by atoms with Crippen molar-refractivity contribution in [1.29, 1.82) is 0 Å². The number of aliphatic hydroxyl groups is 1. The zero-order valence-corrected chi connectivity index (χ0v) is 16.2. The number of rotatable bonds is 4. The van der Waals surface area contributed by atoms with Crippen molar-refractivity contribution in [3.05, 3.63) is 23.5 Å². The minimum Gasteiger partial charge on any atom is -0.391 e. The molecule has 1 fully saturated rings. The van der Waals surface area contributed by atoms with Crippen LogP contribution in [0.15, 0.2) is 12.3 Å². The first-order valence-corrected chi connectivity index (χ1v) is 7.99. The molecule has 3 rings (SSSR count). The number of amides is 1. The molecule has 140 valence electrons. The van der Waals surface area contributed by atoms with Gasteiger partial charge in [-0.3, -0.25) is 4.79 Å². The van der Waals surface area contributed by atoms with Crippen molar-refractivity contribution in [3.8, 4) is 0 Å². The second-order valence-electron chi connectivity index (χ2n) is 6.41. The number of halogens is 2. The molecule has 2 atom stereocenters. The smallest absolute Gasteiger partial charge is 0.253 e. The van der Waals surface area contributed by atoms with Gasteiger partial charge in [0.25, 0.3) is 5.91 Å². The van der Waals surface area contributed by atoms with Gasteiger partial charge in [0.15, 0.2) is 5.65 Å². The van der Waals surface area contributed by atoms with Crippen molar-refractivity contribution in [2.24, 2.45) is 5.92 Å². The number of hydrogen-bond donors (Lipinski definition) is 3. The van der Waals surface area contributed by atoms with Crippen molar-refractivity contribution < 1.29 is 9.90 Å². The standard InChI is InChI=1S/C16H23N5O2.2ClH/c1-9(2)21-15-11(7-19-21)4-13(10(3)20-15)16(23)18-6-12-5-17-8-14(12)22;;/h4,7,9,12,14,17,22H,5-6,8H2,1-3H3,(H,18,23);2*1H. The van der Waals surface area contributed by atoms with Crippen LogP contribution in [0.3, 0.4) is 0 Å². The molecule has 7 nitrogen and oxygen atoms in total. The van der Waals surface area contributed by atoms with Crippen LogP contribution in [0, 0.1) is 12.8 Å². The van der Waals surface area contributed by atoms with Crippen LogP contribution in [0.25, 0.3) is 11.0 Å². The summed E-state index contributed by atoms with van der Waals surface area (Å²) in [5.41, 5.74) is 2.04. The van der Waals surface area contributed by atoms with E-state index in [1.807, 2.05) is 31.5 Å². The minimum absolute atomic E-state index is 0. The van der Waals surface area contributed by atoms with Gasteiger partial charge in [0.2, 0.25) is 0 Å². The molecule has 1 amide bonds. The summed E-state index contributed by atoms with van der Waals surface area (Å²) in [6.07, 6.45) is 1.34. The van der Waals surface area contributed by atoms with Crippen LogP contribution < -0.4 is 10.6 Å². The van der Waals surface area contributed by atoms with E-state index in [1.54, 1.807) is 6.20 Å². The predicted molar refractivity (Wildman–Crippen MR) is 102 cm³/mol. The van der Waals surface area contributed by atoms with Gasteiger partial charge in [-0.15, -0.1) is 24.8 Å². The molecule has 0 spiro atoms. The fourth-order valence-electron chi connectivity index (χ4n) is 2.92. The van der Waals surface area contributed by atoms with Gasteiger partial charge in [-0.2, -0.15) is 5.10 Å². The molecule has 0 saturated carbocycles. The monoisotopic (exact) mass is 389 g/mol. The molecule has 1 aliphatic heterocycles. The number of aliphatic hydroxyl groups excluding tert-OH is 1. The van der Waals surface area contributed by atoms with Crippen LogP contribution in [-0.2, 0) is 0 Å². The van der Waals surface area contributed by atoms with Gasteiger partial charge in [0.1, 0.15) is 0 Å². The van der Waals surface area contributed by atoms with E-state index >= 15 is 0 Å². The van der Waals surface area contributed by atoms with Crippen molar-refractivity contribution in [1.82, 2.24) is 25.4 Å². The summed E-state index contributed by atoms with van der Waals surface area (Å²) in [6.45, 7) is 7.68. The van der Waals surface area contributed by atoms with E-state index in [2.05, 4.69) is 20.7 Å². The first-order valence-electron chi connectivity index (χ1n) is 7.99. The van der Waals surface area contributed by atoms with Crippen molar-refractivity contribution in [3.63, 3.8) is 0 Å². The highest BCUT2D eigenvalue weighted by molar-refractivity contribution is 5.98. The Morgan fingerprint density at radius 1 is 1.44 bits per heavy atom. The van der Waals surface area contributed by atoms with E-state index in [9.17, 15) is 9.90 Å². The summed E-state index contributed by atoms with van der Waals surface area (Å²) in [5, 5.41) is 21.0. The van der Waals surface area contributed by atoms with E-state index in [0.29, 0.717) is 24.3 Å². The molecule has 3 N–H and O–H groups in total. The normalized spacial score (nSPS) is 19.6. The molecular weight excluding hydrogens is 365 g/mol. The van der Waals surface area contributed by atoms with Crippen molar-refractivity contribution in [2.75, 3.05) is 19.6 Å². The lowest BCUT2D eigenvalue weighted by molar-refractivity contribution is 0.0926. The average Bonchev–Trinajstić information content (AvgIpc) is 3.09. The molecule has 1 saturated heterocycles. The Labute approximate surface area is 159 Å².